The molecule has 2 N–H and O–H groups in total. The number of H-pyrrole nitrogens is 1. The van der Waals surface area contributed by atoms with E-state index in [9.17, 15) is 4.79 Å². The van der Waals surface area contributed by atoms with E-state index in [-0.39, 0.29) is 12.5 Å². The smallest absolute Gasteiger partial charge is 0.262 e. The van der Waals surface area contributed by atoms with Gasteiger partial charge in [-0.05, 0) is 19.1 Å². The average molecular weight is 265 g/mol. The van der Waals surface area contributed by atoms with Gasteiger partial charge in [-0.1, -0.05) is 11.6 Å². The molecule has 0 saturated heterocycles. The summed E-state index contributed by atoms with van der Waals surface area (Å²) in [4.78, 5) is 22.5. The lowest BCUT2D eigenvalue weighted by molar-refractivity contribution is -0.118. The predicted octanol–water partition coefficient (Wildman–Crippen LogP) is 1.76. The van der Waals surface area contributed by atoms with Crippen LogP contribution in [0.1, 0.15) is 5.82 Å². The van der Waals surface area contributed by atoms with Crippen molar-refractivity contribution in [3.63, 3.8) is 0 Å². The fourth-order valence-electron chi connectivity index (χ4n) is 1.74. The third-order valence-corrected chi connectivity index (χ3v) is 2.78. The van der Waals surface area contributed by atoms with Crippen molar-refractivity contribution >= 4 is 23.2 Å². The van der Waals surface area contributed by atoms with Gasteiger partial charge in [0, 0.05) is 0 Å². The van der Waals surface area contributed by atoms with Crippen LogP contribution in [0.25, 0.3) is 11.4 Å². The molecule has 92 valence electrons. The zero-order valence-corrected chi connectivity index (χ0v) is 10.2. The lowest BCUT2D eigenvalue weighted by Crippen LogP contribution is -2.26. The highest BCUT2D eigenvalue weighted by atomic mass is 35.5. The SMILES string of the molecule is Cc1nc(Cl)c(-c2ccc3c(n2)OCC(=O)N3)[nH]1. The number of amides is 1. The van der Waals surface area contributed by atoms with E-state index in [1.807, 2.05) is 6.92 Å². The van der Waals surface area contributed by atoms with Crippen molar-refractivity contribution in [2.45, 2.75) is 6.92 Å². The van der Waals surface area contributed by atoms with Crippen LogP contribution >= 0.6 is 11.6 Å². The molecule has 3 rings (SSSR count). The summed E-state index contributed by atoms with van der Waals surface area (Å²) in [5, 5.41) is 3.03. The van der Waals surface area contributed by atoms with Gasteiger partial charge in [0.1, 0.15) is 17.2 Å². The standard InChI is InChI=1S/C11H9ClN4O2/c1-5-13-9(10(12)14-5)6-2-3-7-11(16-6)18-4-8(17)15-7/h2-3H,4H2,1H3,(H,13,14)(H,15,17). The highest BCUT2D eigenvalue weighted by Gasteiger charge is 2.19. The first kappa shape index (κ1) is 11.0. The zero-order chi connectivity index (χ0) is 12.7. The number of pyridine rings is 1. The van der Waals surface area contributed by atoms with Crippen molar-refractivity contribution in [2.24, 2.45) is 0 Å². The number of nitrogens with one attached hydrogen (secondary N) is 2. The van der Waals surface area contributed by atoms with Gasteiger partial charge >= 0.3 is 0 Å². The van der Waals surface area contributed by atoms with Gasteiger partial charge < -0.3 is 15.0 Å². The number of carbonyl (C=O) groups is 1. The normalized spacial score (nSPS) is 13.8. The molecule has 0 aliphatic carbocycles. The van der Waals surface area contributed by atoms with Crippen LogP contribution in [-0.4, -0.2) is 27.5 Å². The number of carbonyl (C=O) groups excluding carboxylic acids is 1. The van der Waals surface area contributed by atoms with Crippen molar-refractivity contribution in [3.05, 3.63) is 23.1 Å². The van der Waals surface area contributed by atoms with Gasteiger partial charge in [0.25, 0.3) is 5.91 Å². The number of rotatable bonds is 1. The number of hydrogen-bond donors (Lipinski definition) is 2. The van der Waals surface area contributed by atoms with Crippen LogP contribution in [0.5, 0.6) is 5.88 Å². The summed E-state index contributed by atoms with van der Waals surface area (Å²) in [7, 11) is 0. The van der Waals surface area contributed by atoms with Crippen LogP contribution in [0.15, 0.2) is 12.1 Å². The molecule has 7 heteroatoms. The fraction of sp³-hybridized carbons (Fsp3) is 0.182. The summed E-state index contributed by atoms with van der Waals surface area (Å²) in [5.41, 5.74) is 1.82. The Hall–Kier alpha value is -2.08. The van der Waals surface area contributed by atoms with E-state index in [0.717, 1.165) is 0 Å². The number of aromatic nitrogens is 3. The maximum Gasteiger partial charge on any atom is 0.262 e. The van der Waals surface area contributed by atoms with Gasteiger partial charge in [-0.2, -0.15) is 0 Å². The van der Waals surface area contributed by atoms with Crippen molar-refractivity contribution < 1.29 is 9.53 Å². The second-order valence-corrected chi connectivity index (χ2v) is 4.23. The monoisotopic (exact) mass is 264 g/mol. The highest BCUT2D eigenvalue weighted by molar-refractivity contribution is 6.31. The molecule has 1 aliphatic rings. The predicted molar refractivity (Wildman–Crippen MR) is 65.7 cm³/mol. The maximum absolute atomic E-state index is 11.1. The van der Waals surface area contributed by atoms with Crippen molar-refractivity contribution in [3.8, 4) is 17.3 Å². The molecule has 0 unspecified atom stereocenters. The van der Waals surface area contributed by atoms with E-state index in [4.69, 9.17) is 16.3 Å². The van der Waals surface area contributed by atoms with Crippen molar-refractivity contribution in [1.29, 1.82) is 0 Å². The van der Waals surface area contributed by atoms with Gasteiger partial charge in [-0.25, -0.2) is 9.97 Å². The minimum Gasteiger partial charge on any atom is -0.466 e. The van der Waals surface area contributed by atoms with Gasteiger partial charge in [-0.15, -0.1) is 0 Å². The Morgan fingerprint density at radius 1 is 1.39 bits per heavy atom. The fourth-order valence-corrected chi connectivity index (χ4v) is 2.01. The van der Waals surface area contributed by atoms with Crippen LogP contribution in [0.2, 0.25) is 5.15 Å². The first-order valence-corrected chi connectivity index (χ1v) is 5.67. The molecule has 0 atom stereocenters. The molecular weight excluding hydrogens is 256 g/mol. The second kappa shape index (κ2) is 3.99. The van der Waals surface area contributed by atoms with Gasteiger partial charge in [0.2, 0.25) is 5.88 Å². The van der Waals surface area contributed by atoms with E-state index >= 15 is 0 Å². The number of ether oxygens (including phenoxy) is 1. The molecule has 0 aromatic carbocycles. The van der Waals surface area contributed by atoms with Crippen LogP contribution < -0.4 is 10.1 Å². The summed E-state index contributed by atoms with van der Waals surface area (Å²) in [6.07, 6.45) is 0. The minimum atomic E-state index is -0.188. The largest absolute Gasteiger partial charge is 0.466 e. The molecule has 0 radical (unpaired) electrons. The Bertz CT molecular complexity index is 638. The average Bonchev–Trinajstić information content (AvgIpc) is 2.68. The molecule has 3 heterocycles. The summed E-state index contributed by atoms with van der Waals surface area (Å²) in [6, 6.07) is 3.47. The Balaban J connectivity index is 2.05. The molecule has 18 heavy (non-hydrogen) atoms. The highest BCUT2D eigenvalue weighted by Crippen LogP contribution is 2.30. The van der Waals surface area contributed by atoms with E-state index < -0.39 is 0 Å². The summed E-state index contributed by atoms with van der Waals surface area (Å²) in [6.45, 7) is 1.78. The molecule has 0 spiro atoms. The quantitative estimate of drug-likeness (QED) is 0.823. The first-order valence-electron chi connectivity index (χ1n) is 5.29. The number of anilines is 1. The second-order valence-electron chi connectivity index (χ2n) is 3.87. The van der Waals surface area contributed by atoms with Gasteiger partial charge in [-0.3, -0.25) is 4.79 Å². The topological polar surface area (TPSA) is 79.9 Å². The number of nitrogens with zero attached hydrogens (tertiary/aromatic N) is 2. The third-order valence-electron chi connectivity index (χ3n) is 2.51. The number of aromatic amines is 1. The molecular formula is C11H9ClN4O2. The lowest BCUT2D eigenvalue weighted by Gasteiger charge is -2.16. The molecule has 1 amide bonds. The molecule has 2 aromatic rings. The van der Waals surface area contributed by atoms with Crippen molar-refractivity contribution in [2.75, 3.05) is 11.9 Å². The summed E-state index contributed by atoms with van der Waals surface area (Å²) in [5.74, 6) is 0.909. The van der Waals surface area contributed by atoms with Crippen LogP contribution in [0.4, 0.5) is 5.69 Å². The zero-order valence-electron chi connectivity index (χ0n) is 9.45. The Morgan fingerprint density at radius 3 is 2.94 bits per heavy atom. The molecule has 0 saturated carbocycles. The Kier molecular flexibility index (Phi) is 2.45. The van der Waals surface area contributed by atoms with Crippen LogP contribution in [0.3, 0.4) is 0 Å². The Morgan fingerprint density at radius 2 is 2.22 bits per heavy atom. The number of imidazole rings is 1. The summed E-state index contributed by atoms with van der Waals surface area (Å²) >= 11 is 5.99. The number of halogens is 1. The van der Waals surface area contributed by atoms with Crippen molar-refractivity contribution in [1.82, 2.24) is 15.0 Å². The van der Waals surface area contributed by atoms with E-state index in [1.165, 1.54) is 0 Å². The molecule has 2 aromatic heterocycles. The van der Waals surface area contributed by atoms with Crippen LogP contribution in [0, 0.1) is 6.92 Å². The minimum absolute atomic E-state index is 0.0286. The summed E-state index contributed by atoms with van der Waals surface area (Å²) < 4.78 is 5.24. The lowest BCUT2D eigenvalue weighted by atomic mass is 10.2. The number of aryl methyl sites for hydroxylation is 1. The Labute approximate surface area is 107 Å². The van der Waals surface area contributed by atoms with Gasteiger partial charge in [0.05, 0.1) is 5.69 Å². The van der Waals surface area contributed by atoms with E-state index in [0.29, 0.717) is 33.9 Å². The van der Waals surface area contributed by atoms with Gasteiger partial charge in [0.15, 0.2) is 11.8 Å². The number of hydrogen-bond acceptors (Lipinski definition) is 4. The molecule has 6 nitrogen and oxygen atoms in total. The first-order chi connectivity index (χ1) is 8.63. The molecule has 1 aliphatic heterocycles. The molecule has 0 bridgehead atoms. The number of fused-ring (bicyclic) bond motifs is 1. The van der Waals surface area contributed by atoms with E-state index in [2.05, 4.69) is 20.3 Å². The maximum atomic E-state index is 11.1. The third kappa shape index (κ3) is 1.80. The van der Waals surface area contributed by atoms with E-state index in [1.54, 1.807) is 12.1 Å². The molecule has 0 fully saturated rings. The van der Waals surface area contributed by atoms with Crippen LogP contribution in [-0.2, 0) is 4.79 Å².